The van der Waals surface area contributed by atoms with Crippen LogP contribution >= 0.6 is 12.2 Å². The van der Waals surface area contributed by atoms with Crippen molar-refractivity contribution in [1.82, 2.24) is 0 Å². The third kappa shape index (κ3) is 4.00. The molecular weight excluding hydrogens is 289 g/mol. The molecule has 0 heterocycles. The van der Waals surface area contributed by atoms with Crippen LogP contribution in [0.25, 0.3) is 0 Å². The van der Waals surface area contributed by atoms with Gasteiger partial charge in [-0.2, -0.15) is 0 Å². The van der Waals surface area contributed by atoms with Gasteiger partial charge in [-0.25, -0.2) is 9.18 Å². The summed E-state index contributed by atoms with van der Waals surface area (Å²) in [4.78, 5) is 12.2. The number of thiocarbonyl (C=S) groups is 1. The second-order valence-electron chi connectivity index (χ2n) is 4.48. The van der Waals surface area contributed by atoms with E-state index in [1.165, 1.54) is 24.3 Å². The minimum absolute atomic E-state index is 0.261. The van der Waals surface area contributed by atoms with E-state index in [0.717, 1.165) is 5.56 Å². The van der Waals surface area contributed by atoms with E-state index in [1.807, 2.05) is 13.0 Å². The SMILES string of the molecule is Cc1ccc(C(N)=S)cc1NC(=O)Nc1ccc(F)cc1. The fourth-order valence-electron chi connectivity index (χ4n) is 1.73. The molecule has 0 saturated heterocycles. The van der Waals surface area contributed by atoms with Crippen molar-refractivity contribution in [2.45, 2.75) is 6.92 Å². The van der Waals surface area contributed by atoms with Gasteiger partial charge in [-0.05, 0) is 42.8 Å². The molecule has 4 N–H and O–H groups in total. The highest BCUT2D eigenvalue weighted by atomic mass is 32.1. The largest absolute Gasteiger partial charge is 0.389 e. The monoisotopic (exact) mass is 303 g/mol. The van der Waals surface area contributed by atoms with Gasteiger partial charge in [0.15, 0.2) is 0 Å². The number of aryl methyl sites for hydroxylation is 1. The number of nitrogens with two attached hydrogens (primary N) is 1. The molecule has 2 amide bonds. The van der Waals surface area contributed by atoms with Gasteiger partial charge in [0.2, 0.25) is 0 Å². The molecule has 0 aliphatic carbocycles. The number of halogens is 1. The Balaban J connectivity index is 2.10. The molecule has 108 valence electrons. The highest BCUT2D eigenvalue weighted by Gasteiger charge is 2.07. The maximum Gasteiger partial charge on any atom is 0.323 e. The third-order valence-corrected chi connectivity index (χ3v) is 3.11. The Bertz CT molecular complexity index is 686. The predicted octanol–water partition coefficient (Wildman–Crippen LogP) is 3.41. The number of carbonyl (C=O) groups excluding carboxylic acids is 1. The summed E-state index contributed by atoms with van der Waals surface area (Å²) in [6.45, 7) is 1.86. The third-order valence-electron chi connectivity index (χ3n) is 2.87. The zero-order valence-corrected chi connectivity index (χ0v) is 12.1. The van der Waals surface area contributed by atoms with Crippen LogP contribution in [0.3, 0.4) is 0 Å². The molecule has 2 rings (SSSR count). The van der Waals surface area contributed by atoms with E-state index in [2.05, 4.69) is 10.6 Å². The topological polar surface area (TPSA) is 67.1 Å². The van der Waals surface area contributed by atoms with Crippen molar-refractivity contribution in [3.8, 4) is 0 Å². The summed E-state index contributed by atoms with van der Waals surface area (Å²) in [6.07, 6.45) is 0. The number of amides is 2. The molecule has 2 aromatic rings. The van der Waals surface area contributed by atoms with Crippen LogP contribution < -0.4 is 16.4 Å². The predicted molar refractivity (Wildman–Crippen MR) is 86.1 cm³/mol. The Kier molecular flexibility index (Phi) is 4.49. The average Bonchev–Trinajstić information content (AvgIpc) is 2.43. The van der Waals surface area contributed by atoms with Gasteiger partial charge in [-0.3, -0.25) is 0 Å². The van der Waals surface area contributed by atoms with Crippen molar-refractivity contribution in [2.75, 3.05) is 10.6 Å². The van der Waals surface area contributed by atoms with E-state index < -0.39 is 6.03 Å². The number of rotatable bonds is 3. The molecule has 2 aromatic carbocycles. The summed E-state index contributed by atoms with van der Waals surface area (Å²) >= 11 is 4.91. The molecule has 4 nitrogen and oxygen atoms in total. The molecule has 0 aromatic heterocycles. The highest BCUT2D eigenvalue weighted by molar-refractivity contribution is 7.80. The molecule has 0 fully saturated rings. The van der Waals surface area contributed by atoms with E-state index in [-0.39, 0.29) is 10.8 Å². The van der Waals surface area contributed by atoms with Crippen LogP contribution in [0.2, 0.25) is 0 Å². The van der Waals surface area contributed by atoms with Crippen LogP contribution in [-0.4, -0.2) is 11.0 Å². The van der Waals surface area contributed by atoms with Crippen molar-refractivity contribution in [1.29, 1.82) is 0 Å². The molecule has 0 spiro atoms. The van der Waals surface area contributed by atoms with Gasteiger partial charge < -0.3 is 16.4 Å². The standard InChI is InChI=1S/C15H14FN3OS/c1-9-2-3-10(14(17)21)8-13(9)19-15(20)18-12-6-4-11(16)5-7-12/h2-8H,1H3,(H2,17,21)(H2,18,19,20). The highest BCUT2D eigenvalue weighted by Crippen LogP contribution is 2.17. The average molecular weight is 303 g/mol. The number of carbonyl (C=O) groups is 1. The Morgan fingerprint density at radius 3 is 2.43 bits per heavy atom. The molecule has 0 atom stereocenters. The van der Waals surface area contributed by atoms with Crippen LogP contribution in [0.1, 0.15) is 11.1 Å². The van der Waals surface area contributed by atoms with Crippen LogP contribution in [0.5, 0.6) is 0 Å². The molecule has 0 bridgehead atoms. The van der Waals surface area contributed by atoms with Gasteiger partial charge in [0, 0.05) is 16.9 Å². The summed E-state index contributed by atoms with van der Waals surface area (Å²) in [6, 6.07) is 10.4. The van der Waals surface area contributed by atoms with E-state index in [0.29, 0.717) is 16.9 Å². The Morgan fingerprint density at radius 2 is 1.81 bits per heavy atom. The van der Waals surface area contributed by atoms with Crippen molar-refractivity contribution in [3.63, 3.8) is 0 Å². The molecule has 0 radical (unpaired) electrons. The molecule has 0 unspecified atom stereocenters. The van der Waals surface area contributed by atoms with Gasteiger partial charge in [-0.15, -0.1) is 0 Å². The van der Waals surface area contributed by atoms with Gasteiger partial charge in [0.25, 0.3) is 0 Å². The van der Waals surface area contributed by atoms with Crippen molar-refractivity contribution in [3.05, 3.63) is 59.4 Å². The number of nitrogens with one attached hydrogen (secondary N) is 2. The molecule has 0 aliphatic rings. The first-order valence-corrected chi connectivity index (χ1v) is 6.60. The Labute approximate surface area is 127 Å². The molecule has 0 saturated carbocycles. The number of benzene rings is 2. The summed E-state index contributed by atoms with van der Waals surface area (Å²) in [5, 5.41) is 5.32. The van der Waals surface area contributed by atoms with Gasteiger partial charge >= 0.3 is 6.03 Å². The first-order chi connectivity index (χ1) is 9.95. The zero-order valence-electron chi connectivity index (χ0n) is 11.3. The van der Waals surface area contributed by atoms with Crippen molar-refractivity contribution in [2.24, 2.45) is 5.73 Å². The molecule has 0 aliphatic heterocycles. The number of urea groups is 1. The van der Waals surface area contributed by atoms with Crippen molar-refractivity contribution >= 4 is 34.6 Å². The minimum Gasteiger partial charge on any atom is -0.389 e. The van der Waals surface area contributed by atoms with Crippen molar-refractivity contribution < 1.29 is 9.18 Å². The number of hydrogen-bond donors (Lipinski definition) is 3. The summed E-state index contributed by atoms with van der Waals surface area (Å²) in [7, 11) is 0. The quantitative estimate of drug-likeness (QED) is 0.761. The van der Waals surface area contributed by atoms with E-state index >= 15 is 0 Å². The number of anilines is 2. The van der Waals surface area contributed by atoms with Crippen LogP contribution in [0, 0.1) is 12.7 Å². The lowest BCUT2D eigenvalue weighted by molar-refractivity contribution is 0.262. The normalized spacial score (nSPS) is 10.0. The first-order valence-electron chi connectivity index (χ1n) is 6.20. The number of hydrogen-bond acceptors (Lipinski definition) is 2. The molecular formula is C15H14FN3OS. The van der Waals surface area contributed by atoms with Gasteiger partial charge in [0.05, 0.1) is 0 Å². The lowest BCUT2D eigenvalue weighted by atomic mass is 10.1. The second kappa shape index (κ2) is 6.32. The first kappa shape index (κ1) is 14.9. The van der Waals surface area contributed by atoms with Crippen LogP contribution in [0.4, 0.5) is 20.6 Å². The zero-order chi connectivity index (χ0) is 15.4. The summed E-state index contributed by atoms with van der Waals surface area (Å²) in [5.41, 5.74) is 8.23. The molecule has 6 heteroatoms. The second-order valence-corrected chi connectivity index (χ2v) is 4.92. The lowest BCUT2D eigenvalue weighted by Crippen LogP contribution is -2.20. The van der Waals surface area contributed by atoms with E-state index in [1.54, 1.807) is 12.1 Å². The maximum absolute atomic E-state index is 12.8. The smallest absolute Gasteiger partial charge is 0.323 e. The summed E-state index contributed by atoms with van der Waals surface area (Å²) in [5.74, 6) is -0.360. The van der Waals surface area contributed by atoms with Gasteiger partial charge in [-0.1, -0.05) is 24.4 Å². The Hall–Kier alpha value is -2.47. The fraction of sp³-hybridized carbons (Fsp3) is 0.0667. The van der Waals surface area contributed by atoms with Crippen LogP contribution in [0.15, 0.2) is 42.5 Å². The van der Waals surface area contributed by atoms with E-state index in [9.17, 15) is 9.18 Å². The van der Waals surface area contributed by atoms with Crippen LogP contribution in [-0.2, 0) is 0 Å². The fourth-order valence-corrected chi connectivity index (χ4v) is 1.85. The minimum atomic E-state index is -0.426. The maximum atomic E-state index is 12.8. The lowest BCUT2D eigenvalue weighted by Gasteiger charge is -2.11. The molecule has 21 heavy (non-hydrogen) atoms. The Morgan fingerprint density at radius 1 is 1.14 bits per heavy atom. The van der Waals surface area contributed by atoms with Gasteiger partial charge in [0.1, 0.15) is 10.8 Å². The summed E-state index contributed by atoms with van der Waals surface area (Å²) < 4.78 is 12.8. The van der Waals surface area contributed by atoms with E-state index in [4.69, 9.17) is 18.0 Å².